The summed E-state index contributed by atoms with van der Waals surface area (Å²) in [6, 6.07) is 9.10. The van der Waals surface area contributed by atoms with E-state index >= 15 is 0 Å². The van der Waals surface area contributed by atoms with E-state index in [9.17, 15) is 27.6 Å². The van der Waals surface area contributed by atoms with Crippen LogP contribution in [0.15, 0.2) is 47.4 Å². The minimum atomic E-state index is -3.03. The number of hydrogen-bond acceptors (Lipinski definition) is 6. The van der Waals surface area contributed by atoms with Crippen molar-refractivity contribution in [3.05, 3.63) is 58.8 Å². The minimum absolute atomic E-state index is 0.0505. The molecule has 3 rings (SSSR count). The van der Waals surface area contributed by atoms with Crippen molar-refractivity contribution in [2.45, 2.75) is 13.5 Å². The first-order valence-corrected chi connectivity index (χ1v) is 10.1. The van der Waals surface area contributed by atoms with Gasteiger partial charge in [-0.1, -0.05) is 6.07 Å². The number of hydrogen-bond donors (Lipinski definition) is 1. The van der Waals surface area contributed by atoms with Crippen molar-refractivity contribution in [2.24, 2.45) is 0 Å². The first kappa shape index (κ1) is 23.2. The number of carbonyl (C=O) groups excluding carboxylic acids is 3. The van der Waals surface area contributed by atoms with Gasteiger partial charge in [0.2, 0.25) is 5.91 Å². The molecule has 0 aromatic heterocycles. The zero-order valence-electron chi connectivity index (χ0n) is 16.6. The molecule has 168 valence electrons. The van der Waals surface area contributed by atoms with Gasteiger partial charge in [-0.15, -0.1) is 0 Å². The van der Waals surface area contributed by atoms with Crippen molar-refractivity contribution in [3.8, 4) is 11.5 Å². The number of halogens is 3. The van der Waals surface area contributed by atoms with Gasteiger partial charge in [0.1, 0.15) is 12.4 Å². The number of imide groups is 1. The first-order valence-electron chi connectivity index (χ1n) is 9.29. The molecule has 0 saturated carbocycles. The summed E-state index contributed by atoms with van der Waals surface area (Å²) in [6.45, 7) is -1.69. The molecule has 32 heavy (non-hydrogen) atoms. The van der Waals surface area contributed by atoms with Crippen LogP contribution in [0, 0.1) is 5.82 Å². The number of anilines is 1. The molecule has 0 spiro atoms. The van der Waals surface area contributed by atoms with Crippen LogP contribution in [-0.2, 0) is 9.59 Å². The van der Waals surface area contributed by atoms with Crippen LogP contribution in [0.2, 0.25) is 0 Å². The fraction of sp³-hybridized carbons (Fsp3) is 0.190. The topological polar surface area (TPSA) is 84.9 Å². The van der Waals surface area contributed by atoms with Gasteiger partial charge in [-0.25, -0.2) is 4.39 Å². The fourth-order valence-electron chi connectivity index (χ4n) is 2.74. The van der Waals surface area contributed by atoms with Crippen LogP contribution in [0.1, 0.15) is 12.5 Å². The summed E-state index contributed by atoms with van der Waals surface area (Å²) in [7, 11) is 0. The Bertz CT molecular complexity index is 1060. The maximum atomic E-state index is 13.0. The van der Waals surface area contributed by atoms with Crippen molar-refractivity contribution in [1.82, 2.24) is 4.90 Å². The molecule has 2 aromatic rings. The third kappa shape index (κ3) is 5.82. The fourth-order valence-corrected chi connectivity index (χ4v) is 3.58. The Morgan fingerprint density at radius 2 is 1.88 bits per heavy atom. The van der Waals surface area contributed by atoms with Crippen LogP contribution < -0.4 is 14.8 Å². The number of ether oxygens (including phenoxy) is 2. The predicted octanol–water partition coefficient (Wildman–Crippen LogP) is 4.50. The molecule has 1 saturated heterocycles. The molecule has 1 aliphatic rings. The second-order valence-corrected chi connectivity index (χ2v) is 7.33. The van der Waals surface area contributed by atoms with Crippen LogP contribution in [0.5, 0.6) is 11.5 Å². The zero-order chi connectivity index (χ0) is 23.3. The summed E-state index contributed by atoms with van der Waals surface area (Å²) in [5, 5.41) is 1.83. The van der Waals surface area contributed by atoms with Gasteiger partial charge < -0.3 is 14.8 Å². The summed E-state index contributed by atoms with van der Waals surface area (Å²) in [5.41, 5.74) is 0.727. The molecule has 1 heterocycles. The van der Waals surface area contributed by atoms with E-state index in [1.807, 2.05) is 0 Å². The van der Waals surface area contributed by atoms with E-state index in [1.165, 1.54) is 36.4 Å². The first-order chi connectivity index (χ1) is 15.3. The highest BCUT2D eigenvalue weighted by molar-refractivity contribution is 8.18. The van der Waals surface area contributed by atoms with Gasteiger partial charge in [0.05, 0.1) is 11.5 Å². The van der Waals surface area contributed by atoms with E-state index in [2.05, 4.69) is 10.1 Å². The van der Waals surface area contributed by atoms with Gasteiger partial charge in [-0.05, 0) is 66.7 Å². The van der Waals surface area contributed by atoms with E-state index in [0.29, 0.717) is 23.0 Å². The monoisotopic (exact) mass is 466 g/mol. The Kier molecular flexibility index (Phi) is 7.41. The zero-order valence-corrected chi connectivity index (χ0v) is 17.5. The van der Waals surface area contributed by atoms with E-state index in [1.54, 1.807) is 6.92 Å². The number of nitrogens with one attached hydrogen (secondary N) is 1. The second kappa shape index (κ2) is 10.2. The normalized spacial score (nSPS) is 14.9. The molecule has 0 bridgehead atoms. The summed E-state index contributed by atoms with van der Waals surface area (Å²) < 4.78 is 47.7. The molecular formula is C21H17F3N2O5S. The average Bonchev–Trinajstić information content (AvgIpc) is 2.99. The lowest BCUT2D eigenvalue weighted by Gasteiger charge is -2.13. The Hall–Kier alpha value is -3.47. The smallest absolute Gasteiger partial charge is 0.387 e. The Labute approximate surface area is 185 Å². The average molecular weight is 466 g/mol. The third-order valence-electron chi connectivity index (χ3n) is 4.08. The molecule has 11 heteroatoms. The molecule has 1 aliphatic heterocycles. The van der Waals surface area contributed by atoms with E-state index in [4.69, 9.17) is 4.74 Å². The molecule has 0 unspecified atom stereocenters. The molecule has 7 nitrogen and oxygen atoms in total. The largest absolute Gasteiger partial charge is 0.490 e. The maximum Gasteiger partial charge on any atom is 0.387 e. The molecule has 0 atom stereocenters. The summed E-state index contributed by atoms with van der Waals surface area (Å²) >= 11 is 0.638. The van der Waals surface area contributed by atoms with E-state index in [0.717, 1.165) is 17.0 Å². The lowest BCUT2D eigenvalue weighted by molar-refractivity contribution is -0.127. The van der Waals surface area contributed by atoms with Gasteiger partial charge in [-0.2, -0.15) is 8.78 Å². The maximum absolute atomic E-state index is 13.0. The predicted molar refractivity (Wildman–Crippen MR) is 112 cm³/mol. The Morgan fingerprint density at radius 3 is 2.53 bits per heavy atom. The van der Waals surface area contributed by atoms with Gasteiger partial charge in [0.25, 0.3) is 11.1 Å². The number of carbonyl (C=O) groups is 3. The van der Waals surface area contributed by atoms with Gasteiger partial charge >= 0.3 is 6.61 Å². The van der Waals surface area contributed by atoms with Gasteiger partial charge in [0, 0.05) is 5.69 Å². The van der Waals surface area contributed by atoms with Gasteiger partial charge in [0.15, 0.2) is 11.5 Å². The second-order valence-electron chi connectivity index (χ2n) is 6.34. The number of nitrogens with zero attached hydrogens (tertiary/aromatic N) is 1. The molecule has 0 radical (unpaired) electrons. The van der Waals surface area contributed by atoms with Crippen LogP contribution in [0.3, 0.4) is 0 Å². The Morgan fingerprint density at radius 1 is 1.16 bits per heavy atom. The highest BCUT2D eigenvalue weighted by Crippen LogP contribution is 2.35. The lowest BCUT2D eigenvalue weighted by atomic mass is 10.2. The number of rotatable bonds is 8. The van der Waals surface area contributed by atoms with E-state index < -0.39 is 36.0 Å². The Balaban J connectivity index is 1.72. The van der Waals surface area contributed by atoms with Crippen LogP contribution >= 0.6 is 11.8 Å². The van der Waals surface area contributed by atoms with Crippen LogP contribution in [0.4, 0.5) is 23.7 Å². The van der Waals surface area contributed by atoms with Crippen molar-refractivity contribution < 1.29 is 37.0 Å². The van der Waals surface area contributed by atoms with Crippen molar-refractivity contribution >= 4 is 40.6 Å². The molecule has 1 fully saturated rings. The summed E-state index contributed by atoms with van der Waals surface area (Å²) in [4.78, 5) is 37.8. The molecule has 1 N–H and O–H groups in total. The minimum Gasteiger partial charge on any atom is -0.490 e. The number of benzene rings is 2. The molecule has 0 aliphatic carbocycles. The van der Waals surface area contributed by atoms with Crippen LogP contribution in [0.25, 0.3) is 6.08 Å². The SMILES string of the molecule is CCOc1cc(/C=C2\SC(=O)N(CC(=O)Nc3ccc(F)cc3)C2=O)ccc1OC(F)F. The van der Waals surface area contributed by atoms with Crippen LogP contribution in [-0.4, -0.2) is 41.7 Å². The quantitative estimate of drug-likeness (QED) is 0.577. The highest BCUT2D eigenvalue weighted by Gasteiger charge is 2.36. The molecule has 3 amide bonds. The lowest BCUT2D eigenvalue weighted by Crippen LogP contribution is -2.36. The summed E-state index contributed by atoms with van der Waals surface area (Å²) in [6.07, 6.45) is 1.39. The van der Waals surface area contributed by atoms with Crippen molar-refractivity contribution in [1.29, 1.82) is 0 Å². The summed E-state index contributed by atoms with van der Waals surface area (Å²) in [5.74, 6) is -1.89. The van der Waals surface area contributed by atoms with Crippen molar-refractivity contribution in [2.75, 3.05) is 18.5 Å². The number of thioether (sulfide) groups is 1. The third-order valence-corrected chi connectivity index (χ3v) is 4.99. The standard InChI is InChI=1S/C21H17F3N2O5S/c1-2-30-16-9-12(3-8-15(16)31-20(23)24)10-17-19(28)26(21(29)32-17)11-18(27)25-14-6-4-13(22)5-7-14/h3-10,20H,2,11H2,1H3,(H,25,27)/b17-10-. The molecule has 2 aromatic carbocycles. The highest BCUT2D eigenvalue weighted by atomic mass is 32.2. The van der Waals surface area contributed by atoms with E-state index in [-0.39, 0.29) is 23.0 Å². The van der Waals surface area contributed by atoms with Crippen molar-refractivity contribution in [3.63, 3.8) is 0 Å². The molecular weight excluding hydrogens is 449 g/mol. The number of alkyl halides is 2. The number of amides is 3. The van der Waals surface area contributed by atoms with Gasteiger partial charge in [-0.3, -0.25) is 19.3 Å².